The van der Waals surface area contributed by atoms with Crippen molar-refractivity contribution in [2.75, 3.05) is 26.2 Å². The zero-order valence-electron chi connectivity index (χ0n) is 14.4. The monoisotopic (exact) mass is 370 g/mol. The van der Waals surface area contributed by atoms with Gasteiger partial charge in [-0.25, -0.2) is 4.39 Å². The first-order valence-corrected chi connectivity index (χ1v) is 8.92. The van der Waals surface area contributed by atoms with Gasteiger partial charge < -0.3 is 9.80 Å². The van der Waals surface area contributed by atoms with Gasteiger partial charge >= 0.3 is 6.18 Å². The molecule has 3 rings (SSSR count). The van der Waals surface area contributed by atoms with E-state index in [1.807, 2.05) is 0 Å². The zero-order chi connectivity index (χ0) is 18.7. The van der Waals surface area contributed by atoms with Gasteiger partial charge in [-0.15, -0.1) is 0 Å². The molecule has 7 heteroatoms. The molecule has 2 aliphatic heterocycles. The van der Waals surface area contributed by atoms with Gasteiger partial charge in [0, 0.05) is 31.4 Å². The number of hydrogen-bond acceptors (Lipinski definition) is 3. The predicted octanol–water partition coefficient (Wildman–Crippen LogP) is 4.10. The van der Waals surface area contributed by atoms with E-state index < -0.39 is 23.3 Å². The second kappa shape index (κ2) is 7.78. The number of halogens is 4. The highest BCUT2D eigenvalue weighted by atomic mass is 19.4. The molecule has 0 saturated carbocycles. The smallest absolute Gasteiger partial charge is 0.373 e. The van der Waals surface area contributed by atoms with Gasteiger partial charge in [0.15, 0.2) is 5.78 Å². The lowest BCUT2D eigenvalue weighted by atomic mass is 10.1. The fraction of sp³-hybridized carbons (Fsp3) is 0.526. The van der Waals surface area contributed by atoms with Crippen molar-refractivity contribution in [3.63, 3.8) is 0 Å². The molecule has 2 fully saturated rings. The van der Waals surface area contributed by atoms with E-state index in [-0.39, 0.29) is 5.56 Å². The third kappa shape index (κ3) is 4.44. The van der Waals surface area contributed by atoms with Crippen molar-refractivity contribution in [2.45, 2.75) is 37.9 Å². The fourth-order valence-electron chi connectivity index (χ4n) is 3.66. The molecule has 0 bridgehead atoms. The van der Waals surface area contributed by atoms with Crippen LogP contribution in [0.3, 0.4) is 0 Å². The molecule has 1 atom stereocenters. The Bertz CT molecular complexity index is 681. The zero-order valence-corrected chi connectivity index (χ0v) is 14.4. The van der Waals surface area contributed by atoms with Crippen LogP contribution in [0.15, 0.2) is 30.5 Å². The molecule has 0 spiro atoms. The fourth-order valence-corrected chi connectivity index (χ4v) is 3.66. The number of carbonyl (C=O) groups is 1. The van der Waals surface area contributed by atoms with Gasteiger partial charge in [0.25, 0.3) is 0 Å². The number of rotatable bonds is 5. The molecule has 0 N–H and O–H groups in total. The summed E-state index contributed by atoms with van der Waals surface area (Å²) in [5, 5.41) is 0. The number of ketones is 1. The molecule has 0 radical (unpaired) electrons. The van der Waals surface area contributed by atoms with Crippen molar-refractivity contribution < 1.29 is 22.4 Å². The Morgan fingerprint density at radius 1 is 1.15 bits per heavy atom. The van der Waals surface area contributed by atoms with Crippen LogP contribution in [0.25, 0.3) is 0 Å². The SMILES string of the molecule is O=C(C=CN1CCC[C@H]1CN1CCCC1)c1ccc(C(F)(F)F)cc1F. The van der Waals surface area contributed by atoms with E-state index in [2.05, 4.69) is 9.80 Å². The van der Waals surface area contributed by atoms with Crippen LogP contribution in [0.1, 0.15) is 41.6 Å². The highest BCUT2D eigenvalue weighted by Crippen LogP contribution is 2.30. The van der Waals surface area contributed by atoms with E-state index >= 15 is 0 Å². The normalized spacial score (nSPS) is 21.8. The molecule has 1 aromatic rings. The molecule has 2 heterocycles. The van der Waals surface area contributed by atoms with E-state index in [1.54, 1.807) is 6.20 Å². The van der Waals surface area contributed by atoms with Crippen LogP contribution in [-0.2, 0) is 6.18 Å². The summed E-state index contributed by atoms with van der Waals surface area (Å²) in [4.78, 5) is 16.7. The number of nitrogens with zero attached hydrogens (tertiary/aromatic N) is 2. The number of carbonyl (C=O) groups excluding carboxylic acids is 1. The summed E-state index contributed by atoms with van der Waals surface area (Å²) in [5.74, 6) is -1.77. The molecule has 0 aliphatic carbocycles. The van der Waals surface area contributed by atoms with Gasteiger partial charge in [0.05, 0.1) is 11.1 Å². The lowest BCUT2D eigenvalue weighted by Gasteiger charge is -2.27. The van der Waals surface area contributed by atoms with Gasteiger partial charge in [-0.05, 0) is 57.0 Å². The van der Waals surface area contributed by atoms with Crippen LogP contribution in [0.2, 0.25) is 0 Å². The van der Waals surface area contributed by atoms with Gasteiger partial charge in [-0.3, -0.25) is 4.79 Å². The maximum atomic E-state index is 13.9. The summed E-state index contributed by atoms with van der Waals surface area (Å²) in [6.07, 6.45) is 2.80. The first kappa shape index (κ1) is 18.9. The average molecular weight is 370 g/mol. The Balaban J connectivity index is 1.65. The Kier molecular flexibility index (Phi) is 5.65. The predicted molar refractivity (Wildman–Crippen MR) is 90.3 cm³/mol. The van der Waals surface area contributed by atoms with Crippen LogP contribution in [0, 0.1) is 5.82 Å². The molecule has 2 aliphatic rings. The first-order chi connectivity index (χ1) is 12.3. The number of alkyl halides is 3. The molecular weight excluding hydrogens is 348 g/mol. The van der Waals surface area contributed by atoms with Crippen molar-refractivity contribution in [3.05, 3.63) is 47.4 Å². The van der Waals surface area contributed by atoms with E-state index in [0.717, 1.165) is 51.2 Å². The lowest BCUT2D eigenvalue weighted by molar-refractivity contribution is -0.137. The van der Waals surface area contributed by atoms with Crippen LogP contribution in [-0.4, -0.2) is 47.8 Å². The minimum absolute atomic E-state index is 0.328. The molecular formula is C19H22F4N2O. The molecule has 0 aromatic heterocycles. The van der Waals surface area contributed by atoms with Crippen LogP contribution in [0.5, 0.6) is 0 Å². The summed E-state index contributed by atoms with van der Waals surface area (Å²) < 4.78 is 51.7. The molecule has 26 heavy (non-hydrogen) atoms. The van der Waals surface area contributed by atoms with Crippen LogP contribution >= 0.6 is 0 Å². The highest BCUT2D eigenvalue weighted by molar-refractivity contribution is 6.04. The van der Waals surface area contributed by atoms with Gasteiger partial charge in [-0.2, -0.15) is 13.2 Å². The van der Waals surface area contributed by atoms with Crippen LogP contribution < -0.4 is 0 Å². The largest absolute Gasteiger partial charge is 0.416 e. The summed E-state index contributed by atoms with van der Waals surface area (Å²) in [5.41, 5.74) is -1.44. The van der Waals surface area contributed by atoms with Crippen molar-refractivity contribution in [3.8, 4) is 0 Å². The minimum atomic E-state index is -4.63. The summed E-state index contributed by atoms with van der Waals surface area (Å²) in [7, 11) is 0. The number of likely N-dealkylation sites (tertiary alicyclic amines) is 2. The number of allylic oxidation sites excluding steroid dienone is 1. The number of hydrogen-bond donors (Lipinski definition) is 0. The quantitative estimate of drug-likeness (QED) is 0.443. The first-order valence-electron chi connectivity index (χ1n) is 8.92. The molecule has 0 unspecified atom stereocenters. The Morgan fingerprint density at radius 2 is 1.88 bits per heavy atom. The van der Waals surface area contributed by atoms with Gasteiger partial charge in [-0.1, -0.05) is 0 Å². The molecule has 1 aromatic carbocycles. The van der Waals surface area contributed by atoms with E-state index in [4.69, 9.17) is 0 Å². The third-order valence-electron chi connectivity index (χ3n) is 5.07. The average Bonchev–Trinajstić information content (AvgIpc) is 3.24. The second-order valence-electron chi connectivity index (χ2n) is 6.91. The molecule has 3 nitrogen and oxygen atoms in total. The summed E-state index contributed by atoms with van der Waals surface area (Å²) in [6, 6.07) is 2.33. The van der Waals surface area contributed by atoms with Crippen molar-refractivity contribution in [1.29, 1.82) is 0 Å². The van der Waals surface area contributed by atoms with Crippen molar-refractivity contribution in [2.24, 2.45) is 0 Å². The standard InChI is InChI=1S/C19H22F4N2O/c20-17-12-14(19(21,22)23)5-6-16(17)18(26)7-11-25-10-3-4-15(25)13-24-8-1-2-9-24/h5-7,11-12,15H,1-4,8-10,13H2/t15-/m0/s1. The topological polar surface area (TPSA) is 23.6 Å². The van der Waals surface area contributed by atoms with E-state index in [1.165, 1.54) is 18.9 Å². The number of benzene rings is 1. The Hall–Kier alpha value is -1.89. The highest BCUT2D eigenvalue weighted by Gasteiger charge is 2.31. The lowest BCUT2D eigenvalue weighted by Crippen LogP contribution is -2.36. The summed E-state index contributed by atoms with van der Waals surface area (Å²) >= 11 is 0. The Labute approximate surface area is 150 Å². The molecule has 0 amide bonds. The van der Waals surface area contributed by atoms with Crippen molar-refractivity contribution in [1.82, 2.24) is 9.80 Å². The van der Waals surface area contributed by atoms with Crippen molar-refractivity contribution >= 4 is 5.78 Å². The minimum Gasteiger partial charge on any atom is -0.373 e. The third-order valence-corrected chi connectivity index (χ3v) is 5.07. The van der Waals surface area contributed by atoms with Crippen LogP contribution in [0.4, 0.5) is 17.6 Å². The second-order valence-corrected chi connectivity index (χ2v) is 6.91. The van der Waals surface area contributed by atoms with Gasteiger partial charge in [0.1, 0.15) is 5.82 Å². The van der Waals surface area contributed by atoms with E-state index in [9.17, 15) is 22.4 Å². The molecule has 2 saturated heterocycles. The van der Waals surface area contributed by atoms with E-state index in [0.29, 0.717) is 12.1 Å². The maximum absolute atomic E-state index is 13.9. The maximum Gasteiger partial charge on any atom is 0.416 e. The van der Waals surface area contributed by atoms with Gasteiger partial charge in [0.2, 0.25) is 0 Å². The molecule has 142 valence electrons. The summed E-state index contributed by atoms with van der Waals surface area (Å²) in [6.45, 7) is 3.98. The Morgan fingerprint density at radius 3 is 2.54 bits per heavy atom.